The number of aryl methyl sites for hydroxylation is 1. The lowest BCUT2D eigenvalue weighted by Gasteiger charge is -2.32. The van der Waals surface area contributed by atoms with Crippen molar-refractivity contribution in [3.8, 4) is 0 Å². The minimum Gasteiger partial charge on any atom is -0.399 e. The molecule has 31 heavy (non-hydrogen) atoms. The molecule has 0 aliphatic carbocycles. The van der Waals surface area contributed by atoms with Crippen LogP contribution >= 0.6 is 0 Å². The van der Waals surface area contributed by atoms with Crippen LogP contribution in [0.3, 0.4) is 0 Å². The zero-order valence-corrected chi connectivity index (χ0v) is 19.0. The molecule has 1 N–H and O–H groups in total. The summed E-state index contributed by atoms with van der Waals surface area (Å²) in [7, 11) is -0.501. The van der Waals surface area contributed by atoms with Crippen molar-refractivity contribution in [1.29, 1.82) is 0 Å². The third-order valence-electron chi connectivity index (χ3n) is 6.55. The molecule has 1 amide bonds. The van der Waals surface area contributed by atoms with Crippen LogP contribution in [-0.4, -0.2) is 50.5 Å². The van der Waals surface area contributed by atoms with Crippen molar-refractivity contribution >= 4 is 29.9 Å². The largest absolute Gasteiger partial charge is 0.495 e. The summed E-state index contributed by atoms with van der Waals surface area (Å²) in [6.07, 6.45) is 0. The summed E-state index contributed by atoms with van der Waals surface area (Å²) in [5, 5.41) is 3.09. The molecule has 2 fully saturated rings. The minimum atomic E-state index is -0.501. The predicted octanol–water partition coefficient (Wildman–Crippen LogP) is 3.38. The Morgan fingerprint density at radius 2 is 1.65 bits per heavy atom. The summed E-state index contributed by atoms with van der Waals surface area (Å²) in [6, 6.07) is 13.6. The highest BCUT2D eigenvalue weighted by Gasteiger charge is 2.52. The van der Waals surface area contributed by atoms with Gasteiger partial charge < -0.3 is 24.3 Å². The van der Waals surface area contributed by atoms with Gasteiger partial charge in [-0.05, 0) is 64.3 Å². The molecular weight excluding hydrogens is 391 g/mol. The van der Waals surface area contributed by atoms with Crippen LogP contribution in [0, 0.1) is 6.92 Å². The number of nitrogens with zero attached hydrogens (tertiary/aromatic N) is 1. The molecule has 2 saturated heterocycles. The number of hydrogen-bond donors (Lipinski definition) is 1. The molecule has 0 bridgehead atoms. The second-order valence-electron chi connectivity index (χ2n) is 9.23. The van der Waals surface area contributed by atoms with Crippen molar-refractivity contribution in [3.63, 3.8) is 0 Å². The second-order valence-corrected chi connectivity index (χ2v) is 9.23. The molecule has 0 spiro atoms. The van der Waals surface area contributed by atoms with Gasteiger partial charge in [0.05, 0.1) is 35.8 Å². The molecule has 164 valence electrons. The average Bonchev–Trinajstić information content (AvgIpc) is 2.96. The summed E-state index contributed by atoms with van der Waals surface area (Å²) >= 11 is 0. The molecule has 6 nitrogen and oxygen atoms in total. The summed E-state index contributed by atoms with van der Waals surface area (Å²) in [5.41, 5.74) is 3.44. The highest BCUT2D eigenvalue weighted by molar-refractivity contribution is 6.62. The van der Waals surface area contributed by atoms with Gasteiger partial charge >= 0.3 is 7.12 Å². The standard InChI is InChI=1S/C24H31BN2O4/c1-17-10-11-18(16-19(17)25-30-23(2,3)24(4,5)31-25)22(28)26-20-8-6-7-9-21(20)27-12-14-29-15-13-27/h6-11,16H,12-15H2,1-5H3,(H,26,28). The van der Waals surface area contributed by atoms with E-state index in [-0.39, 0.29) is 5.91 Å². The molecule has 2 aliphatic heterocycles. The SMILES string of the molecule is Cc1ccc(C(=O)Nc2ccccc2N2CCOCC2)cc1B1OC(C)(C)C(C)(C)O1. The van der Waals surface area contributed by atoms with Gasteiger partial charge in [0.25, 0.3) is 5.91 Å². The van der Waals surface area contributed by atoms with Gasteiger partial charge in [0.1, 0.15) is 0 Å². The molecule has 4 rings (SSSR count). The van der Waals surface area contributed by atoms with Crippen LogP contribution in [0.4, 0.5) is 11.4 Å². The van der Waals surface area contributed by atoms with Crippen LogP contribution in [0.5, 0.6) is 0 Å². The number of rotatable bonds is 4. The maximum atomic E-state index is 13.1. The van der Waals surface area contributed by atoms with Crippen LogP contribution in [0.2, 0.25) is 0 Å². The summed E-state index contributed by atoms with van der Waals surface area (Å²) in [4.78, 5) is 15.4. The van der Waals surface area contributed by atoms with Gasteiger partial charge in [-0.15, -0.1) is 0 Å². The van der Waals surface area contributed by atoms with E-state index >= 15 is 0 Å². The van der Waals surface area contributed by atoms with E-state index in [1.165, 1.54) is 0 Å². The Kier molecular flexibility index (Phi) is 5.86. The number of morpholine rings is 1. The highest BCUT2D eigenvalue weighted by Crippen LogP contribution is 2.36. The first-order chi connectivity index (χ1) is 14.7. The minimum absolute atomic E-state index is 0.154. The quantitative estimate of drug-likeness (QED) is 0.766. The van der Waals surface area contributed by atoms with Gasteiger partial charge in [0, 0.05) is 18.7 Å². The van der Waals surface area contributed by atoms with E-state index in [4.69, 9.17) is 14.0 Å². The lowest BCUT2D eigenvalue weighted by molar-refractivity contribution is 0.00578. The number of nitrogens with one attached hydrogen (secondary N) is 1. The first-order valence-corrected chi connectivity index (χ1v) is 10.9. The zero-order chi connectivity index (χ0) is 22.2. The zero-order valence-electron chi connectivity index (χ0n) is 19.0. The van der Waals surface area contributed by atoms with Gasteiger partial charge in [0.15, 0.2) is 0 Å². The van der Waals surface area contributed by atoms with Crippen molar-refractivity contribution in [3.05, 3.63) is 53.6 Å². The molecule has 2 aromatic rings. The summed E-state index contributed by atoms with van der Waals surface area (Å²) in [5.74, 6) is -0.154. The Morgan fingerprint density at radius 1 is 1.00 bits per heavy atom. The number of amides is 1. The van der Waals surface area contributed by atoms with E-state index in [2.05, 4.69) is 10.2 Å². The number of carbonyl (C=O) groups is 1. The fraction of sp³-hybridized carbons (Fsp3) is 0.458. The van der Waals surface area contributed by atoms with Crippen molar-refractivity contribution in [2.24, 2.45) is 0 Å². The van der Waals surface area contributed by atoms with Crippen LogP contribution < -0.4 is 15.7 Å². The van der Waals surface area contributed by atoms with E-state index in [0.29, 0.717) is 18.8 Å². The third kappa shape index (κ3) is 4.35. The van der Waals surface area contributed by atoms with Crippen LogP contribution in [0.1, 0.15) is 43.6 Å². The van der Waals surface area contributed by atoms with E-state index in [0.717, 1.165) is 35.5 Å². The number of ether oxygens (including phenoxy) is 1. The van der Waals surface area contributed by atoms with E-state index in [1.807, 2.05) is 77.1 Å². The summed E-state index contributed by atoms with van der Waals surface area (Å²) in [6.45, 7) is 13.1. The van der Waals surface area contributed by atoms with Crippen molar-refractivity contribution in [2.75, 3.05) is 36.5 Å². The molecular formula is C24H31BN2O4. The smallest absolute Gasteiger partial charge is 0.399 e. The monoisotopic (exact) mass is 422 g/mol. The molecule has 0 aromatic heterocycles. The molecule has 2 heterocycles. The summed E-state index contributed by atoms with van der Waals surface area (Å²) < 4.78 is 17.9. The molecule has 0 atom stereocenters. The highest BCUT2D eigenvalue weighted by atomic mass is 16.7. The lowest BCUT2D eigenvalue weighted by atomic mass is 9.75. The first kappa shape index (κ1) is 21.9. The van der Waals surface area contributed by atoms with Crippen molar-refractivity contribution in [1.82, 2.24) is 0 Å². The topological polar surface area (TPSA) is 60.0 Å². The van der Waals surface area contributed by atoms with Crippen LogP contribution in [0.15, 0.2) is 42.5 Å². The molecule has 0 radical (unpaired) electrons. The number of benzene rings is 2. The van der Waals surface area contributed by atoms with Gasteiger partial charge in [-0.25, -0.2) is 0 Å². The van der Waals surface area contributed by atoms with Gasteiger partial charge in [-0.2, -0.15) is 0 Å². The maximum Gasteiger partial charge on any atom is 0.495 e. The van der Waals surface area contributed by atoms with Crippen molar-refractivity contribution in [2.45, 2.75) is 45.8 Å². The predicted molar refractivity (Wildman–Crippen MR) is 124 cm³/mol. The number of para-hydroxylation sites is 2. The Hall–Kier alpha value is -2.35. The van der Waals surface area contributed by atoms with Gasteiger partial charge in [0.2, 0.25) is 0 Å². The number of anilines is 2. The van der Waals surface area contributed by atoms with E-state index in [1.54, 1.807) is 0 Å². The Morgan fingerprint density at radius 3 is 2.32 bits per heavy atom. The Balaban J connectivity index is 1.56. The number of carbonyl (C=O) groups excluding carboxylic acids is 1. The fourth-order valence-corrected chi connectivity index (χ4v) is 3.86. The second kappa shape index (κ2) is 8.30. The Bertz CT molecular complexity index is 954. The molecule has 2 aliphatic rings. The fourth-order valence-electron chi connectivity index (χ4n) is 3.86. The molecule has 0 unspecified atom stereocenters. The molecule has 0 saturated carbocycles. The lowest BCUT2D eigenvalue weighted by Crippen LogP contribution is -2.41. The number of hydrogen-bond acceptors (Lipinski definition) is 5. The molecule has 2 aromatic carbocycles. The molecule has 7 heteroatoms. The normalized spacial score (nSPS) is 20.0. The van der Waals surface area contributed by atoms with Crippen LogP contribution in [-0.2, 0) is 14.0 Å². The van der Waals surface area contributed by atoms with Crippen LogP contribution in [0.25, 0.3) is 0 Å². The maximum absolute atomic E-state index is 13.1. The van der Waals surface area contributed by atoms with Gasteiger partial charge in [-0.1, -0.05) is 23.8 Å². The van der Waals surface area contributed by atoms with E-state index < -0.39 is 18.3 Å². The first-order valence-electron chi connectivity index (χ1n) is 10.9. The van der Waals surface area contributed by atoms with Crippen molar-refractivity contribution < 1.29 is 18.8 Å². The van der Waals surface area contributed by atoms with E-state index in [9.17, 15) is 4.79 Å². The third-order valence-corrected chi connectivity index (χ3v) is 6.55. The Labute approximate surface area is 185 Å². The average molecular weight is 422 g/mol. The van der Waals surface area contributed by atoms with Gasteiger partial charge in [-0.3, -0.25) is 4.79 Å².